The van der Waals surface area contributed by atoms with E-state index in [4.69, 9.17) is 5.11 Å². The normalized spacial score (nSPS) is 11.3. The van der Waals surface area contributed by atoms with Crippen LogP contribution in [0.5, 0.6) is 0 Å². The summed E-state index contributed by atoms with van der Waals surface area (Å²) < 4.78 is 27.3. The highest BCUT2D eigenvalue weighted by Gasteiger charge is 2.14. The Balaban J connectivity index is 2.18. The molecule has 21 heavy (non-hydrogen) atoms. The minimum Gasteiger partial charge on any atom is -0.396 e. The van der Waals surface area contributed by atoms with Crippen LogP contribution in [-0.2, 0) is 16.4 Å². The highest BCUT2D eigenvalue weighted by molar-refractivity contribution is 7.92. The molecular weight excluding hydrogens is 286 g/mol. The standard InChI is InChI=1S/C16H19NO3S/c1-13-5-2-3-7-16(13)17-21(19,20)15-10-8-14(9-11-15)6-4-12-18/h2-3,5,7-11,17-18H,4,6,12H2,1H3. The molecule has 0 aliphatic rings. The van der Waals surface area contributed by atoms with Crippen molar-refractivity contribution < 1.29 is 13.5 Å². The lowest BCUT2D eigenvalue weighted by Gasteiger charge is -2.10. The number of aliphatic hydroxyl groups excluding tert-OH is 1. The molecule has 2 rings (SSSR count). The van der Waals surface area contributed by atoms with E-state index >= 15 is 0 Å². The first-order valence-corrected chi connectivity index (χ1v) is 8.29. The number of nitrogens with one attached hydrogen (secondary N) is 1. The summed E-state index contributed by atoms with van der Waals surface area (Å²) in [5, 5.41) is 8.80. The summed E-state index contributed by atoms with van der Waals surface area (Å²) in [4.78, 5) is 0.235. The lowest BCUT2D eigenvalue weighted by Crippen LogP contribution is -2.13. The fraction of sp³-hybridized carbons (Fsp3) is 0.250. The number of hydrogen-bond acceptors (Lipinski definition) is 3. The Bertz CT molecular complexity index is 694. The molecule has 0 amide bonds. The average molecular weight is 305 g/mol. The van der Waals surface area contributed by atoms with Gasteiger partial charge >= 0.3 is 0 Å². The predicted octanol–water partition coefficient (Wildman–Crippen LogP) is 2.72. The summed E-state index contributed by atoms with van der Waals surface area (Å²) >= 11 is 0. The monoisotopic (exact) mass is 305 g/mol. The molecule has 0 bridgehead atoms. The molecule has 0 aliphatic carbocycles. The lowest BCUT2D eigenvalue weighted by atomic mass is 10.1. The lowest BCUT2D eigenvalue weighted by molar-refractivity contribution is 0.288. The van der Waals surface area contributed by atoms with Crippen molar-refractivity contribution in [3.05, 3.63) is 59.7 Å². The molecule has 2 aromatic rings. The van der Waals surface area contributed by atoms with Crippen molar-refractivity contribution in [2.24, 2.45) is 0 Å². The number of aryl methyl sites for hydroxylation is 2. The zero-order valence-electron chi connectivity index (χ0n) is 11.9. The molecule has 0 aliphatic heterocycles. The molecule has 2 aromatic carbocycles. The van der Waals surface area contributed by atoms with Crippen molar-refractivity contribution in [2.45, 2.75) is 24.7 Å². The maximum absolute atomic E-state index is 12.3. The number of hydrogen-bond donors (Lipinski definition) is 2. The van der Waals surface area contributed by atoms with E-state index in [1.165, 1.54) is 0 Å². The second kappa shape index (κ2) is 6.74. The van der Waals surface area contributed by atoms with Gasteiger partial charge in [0.2, 0.25) is 0 Å². The molecule has 4 nitrogen and oxygen atoms in total. The molecule has 0 radical (unpaired) electrons. The number of anilines is 1. The van der Waals surface area contributed by atoms with E-state index in [1.807, 2.05) is 19.1 Å². The van der Waals surface area contributed by atoms with Crippen molar-refractivity contribution in [1.82, 2.24) is 0 Å². The minimum atomic E-state index is -3.57. The number of para-hydroxylation sites is 1. The van der Waals surface area contributed by atoms with Gasteiger partial charge in [-0.3, -0.25) is 4.72 Å². The molecular formula is C16H19NO3S. The van der Waals surface area contributed by atoms with Gasteiger partial charge in [-0.15, -0.1) is 0 Å². The third-order valence-corrected chi connectivity index (χ3v) is 4.63. The number of rotatable bonds is 6. The van der Waals surface area contributed by atoms with Crippen LogP contribution in [0.2, 0.25) is 0 Å². The quantitative estimate of drug-likeness (QED) is 0.862. The Morgan fingerprint density at radius 1 is 1.05 bits per heavy atom. The average Bonchev–Trinajstić information content (AvgIpc) is 2.48. The van der Waals surface area contributed by atoms with Gasteiger partial charge in [0, 0.05) is 6.61 Å². The van der Waals surface area contributed by atoms with Gasteiger partial charge in [-0.05, 0) is 49.1 Å². The van der Waals surface area contributed by atoms with Crippen LogP contribution < -0.4 is 4.72 Å². The molecule has 0 spiro atoms. The van der Waals surface area contributed by atoms with Crippen LogP contribution >= 0.6 is 0 Å². The minimum absolute atomic E-state index is 0.134. The van der Waals surface area contributed by atoms with Gasteiger partial charge in [0.25, 0.3) is 10.0 Å². The Morgan fingerprint density at radius 2 is 1.71 bits per heavy atom. The Morgan fingerprint density at radius 3 is 2.33 bits per heavy atom. The van der Waals surface area contributed by atoms with Crippen molar-refractivity contribution in [1.29, 1.82) is 0 Å². The summed E-state index contributed by atoms with van der Waals surface area (Å²) in [5.41, 5.74) is 2.47. The first-order chi connectivity index (χ1) is 10.0. The second-order valence-corrected chi connectivity index (χ2v) is 6.57. The van der Waals surface area contributed by atoms with Gasteiger partial charge in [-0.1, -0.05) is 30.3 Å². The topological polar surface area (TPSA) is 66.4 Å². The third kappa shape index (κ3) is 4.06. The molecule has 0 fully saturated rings. The van der Waals surface area contributed by atoms with Gasteiger partial charge in [0.15, 0.2) is 0 Å². The Kier molecular flexibility index (Phi) is 4.98. The highest BCUT2D eigenvalue weighted by atomic mass is 32.2. The summed E-state index contributed by atoms with van der Waals surface area (Å²) in [5.74, 6) is 0. The van der Waals surface area contributed by atoms with E-state index in [9.17, 15) is 8.42 Å². The Labute approximate surface area is 125 Å². The zero-order valence-corrected chi connectivity index (χ0v) is 12.7. The predicted molar refractivity (Wildman–Crippen MR) is 83.8 cm³/mol. The number of benzene rings is 2. The fourth-order valence-electron chi connectivity index (χ4n) is 2.01. The van der Waals surface area contributed by atoms with E-state index in [0.29, 0.717) is 12.1 Å². The van der Waals surface area contributed by atoms with Crippen LogP contribution in [0.15, 0.2) is 53.4 Å². The molecule has 0 saturated heterocycles. The SMILES string of the molecule is Cc1ccccc1NS(=O)(=O)c1ccc(CCCO)cc1. The molecule has 0 unspecified atom stereocenters. The van der Waals surface area contributed by atoms with Gasteiger partial charge in [0.05, 0.1) is 10.6 Å². The first kappa shape index (κ1) is 15.5. The second-order valence-electron chi connectivity index (χ2n) is 4.89. The van der Waals surface area contributed by atoms with Crippen LogP contribution in [0.3, 0.4) is 0 Å². The van der Waals surface area contributed by atoms with Crippen LogP contribution in [-0.4, -0.2) is 20.1 Å². The van der Waals surface area contributed by atoms with Crippen molar-refractivity contribution in [3.8, 4) is 0 Å². The van der Waals surface area contributed by atoms with Gasteiger partial charge in [-0.2, -0.15) is 0 Å². The van der Waals surface area contributed by atoms with Gasteiger partial charge in [-0.25, -0.2) is 8.42 Å². The maximum atomic E-state index is 12.3. The summed E-state index contributed by atoms with van der Waals surface area (Å²) in [6.07, 6.45) is 1.41. The fourth-order valence-corrected chi connectivity index (χ4v) is 3.14. The molecule has 0 heterocycles. The van der Waals surface area contributed by atoms with Crippen LogP contribution in [0.25, 0.3) is 0 Å². The summed E-state index contributed by atoms with van der Waals surface area (Å²) in [6.45, 7) is 1.99. The van der Waals surface area contributed by atoms with Gasteiger partial charge in [0.1, 0.15) is 0 Å². The largest absolute Gasteiger partial charge is 0.396 e. The van der Waals surface area contributed by atoms with E-state index in [0.717, 1.165) is 17.5 Å². The number of sulfonamides is 1. The molecule has 0 aromatic heterocycles. The molecule has 112 valence electrons. The van der Waals surface area contributed by atoms with Gasteiger partial charge < -0.3 is 5.11 Å². The molecule has 5 heteroatoms. The van der Waals surface area contributed by atoms with Crippen LogP contribution in [0, 0.1) is 6.92 Å². The number of aliphatic hydroxyl groups is 1. The maximum Gasteiger partial charge on any atom is 0.261 e. The van der Waals surface area contributed by atoms with Crippen molar-refractivity contribution in [2.75, 3.05) is 11.3 Å². The summed E-state index contributed by atoms with van der Waals surface area (Å²) in [7, 11) is -3.57. The van der Waals surface area contributed by atoms with E-state index in [2.05, 4.69) is 4.72 Å². The van der Waals surface area contributed by atoms with E-state index in [-0.39, 0.29) is 11.5 Å². The van der Waals surface area contributed by atoms with E-state index < -0.39 is 10.0 Å². The first-order valence-electron chi connectivity index (χ1n) is 6.81. The molecule has 0 saturated carbocycles. The third-order valence-electron chi connectivity index (χ3n) is 3.25. The van der Waals surface area contributed by atoms with Crippen molar-refractivity contribution in [3.63, 3.8) is 0 Å². The Hall–Kier alpha value is -1.85. The van der Waals surface area contributed by atoms with Crippen LogP contribution in [0.1, 0.15) is 17.5 Å². The highest BCUT2D eigenvalue weighted by Crippen LogP contribution is 2.19. The zero-order chi connectivity index (χ0) is 15.3. The smallest absolute Gasteiger partial charge is 0.261 e. The van der Waals surface area contributed by atoms with Crippen LogP contribution in [0.4, 0.5) is 5.69 Å². The van der Waals surface area contributed by atoms with E-state index in [1.54, 1.807) is 36.4 Å². The summed E-state index contributed by atoms with van der Waals surface area (Å²) in [6, 6.07) is 14.0. The molecule has 2 N–H and O–H groups in total. The van der Waals surface area contributed by atoms with Crippen molar-refractivity contribution >= 4 is 15.7 Å². The molecule has 0 atom stereocenters.